The third kappa shape index (κ3) is 5.24. The first-order valence-electron chi connectivity index (χ1n) is 10.8. The van der Waals surface area contributed by atoms with Gasteiger partial charge in [-0.1, -0.05) is 5.16 Å². The van der Waals surface area contributed by atoms with Crippen LogP contribution in [0.5, 0.6) is 0 Å². The van der Waals surface area contributed by atoms with Crippen LogP contribution in [-0.4, -0.2) is 71.1 Å². The lowest BCUT2D eigenvalue weighted by Crippen LogP contribution is -2.70. The van der Waals surface area contributed by atoms with E-state index < -0.39 is 42.8 Å². The molecular weight excluding hydrogens is 558 g/mol. The molecule has 0 bridgehead atoms. The summed E-state index contributed by atoms with van der Waals surface area (Å²) >= 11 is 1.09. The number of aromatic nitrogens is 6. The van der Waals surface area contributed by atoms with Crippen molar-refractivity contribution in [2.75, 3.05) is 18.0 Å². The molecule has 5 rings (SSSR count). The van der Waals surface area contributed by atoms with Crippen LogP contribution >= 0.6 is 11.3 Å². The lowest BCUT2D eigenvalue weighted by atomic mass is 9.93. The standard InChI is InChI=1S/C21H14F6N8O3S/c22-20(23,24)18-30-16(33-38-18)13-3-1-11(39-13)8-35(15-7-28-5-6-29-15)14-4-2-12(31-32-14)17(36)34-9-19(37,10-34)21(25,26)27/h1-7,37H,8-10H2. The Hall–Kier alpha value is -4.19. The number of carbonyl (C=O) groups is 1. The van der Waals surface area contributed by atoms with Gasteiger partial charge in [0.2, 0.25) is 5.82 Å². The van der Waals surface area contributed by atoms with E-state index in [0.29, 0.717) is 15.6 Å². The average molecular weight is 572 g/mol. The van der Waals surface area contributed by atoms with Crippen molar-refractivity contribution in [1.82, 2.24) is 35.2 Å². The molecule has 18 heteroatoms. The van der Waals surface area contributed by atoms with Crippen LogP contribution in [0.3, 0.4) is 0 Å². The van der Waals surface area contributed by atoms with Crippen LogP contribution < -0.4 is 4.90 Å². The first kappa shape index (κ1) is 26.4. The Bertz CT molecular complexity index is 1470. The minimum absolute atomic E-state index is 0.0973. The summed E-state index contributed by atoms with van der Waals surface area (Å²) in [5, 5.41) is 20.8. The number of likely N-dealkylation sites (tertiary alicyclic amines) is 1. The lowest BCUT2D eigenvalue weighted by molar-refractivity contribution is -0.294. The van der Waals surface area contributed by atoms with Crippen molar-refractivity contribution in [3.63, 3.8) is 0 Å². The zero-order valence-corrected chi connectivity index (χ0v) is 20.0. The Morgan fingerprint density at radius 1 is 1.08 bits per heavy atom. The highest BCUT2D eigenvalue weighted by molar-refractivity contribution is 7.15. The third-order valence-electron chi connectivity index (χ3n) is 5.56. The van der Waals surface area contributed by atoms with Gasteiger partial charge in [0.05, 0.1) is 30.7 Å². The Morgan fingerprint density at radius 3 is 2.44 bits per heavy atom. The molecule has 204 valence electrons. The number of aliphatic hydroxyl groups is 1. The largest absolute Gasteiger partial charge is 0.471 e. The number of nitrogens with zero attached hydrogens (tertiary/aromatic N) is 8. The number of hydrogen-bond donors (Lipinski definition) is 1. The van der Waals surface area contributed by atoms with E-state index in [1.54, 1.807) is 11.0 Å². The van der Waals surface area contributed by atoms with Crippen LogP contribution in [0.25, 0.3) is 10.7 Å². The number of anilines is 2. The molecule has 1 fully saturated rings. The van der Waals surface area contributed by atoms with Crippen LogP contribution in [0.4, 0.5) is 38.0 Å². The molecule has 0 aliphatic carbocycles. The van der Waals surface area contributed by atoms with Crippen molar-refractivity contribution in [2.45, 2.75) is 24.5 Å². The lowest BCUT2D eigenvalue weighted by Gasteiger charge is -2.46. The van der Waals surface area contributed by atoms with Gasteiger partial charge in [0.15, 0.2) is 22.9 Å². The Morgan fingerprint density at radius 2 is 1.85 bits per heavy atom. The van der Waals surface area contributed by atoms with Gasteiger partial charge in [-0.05, 0) is 24.3 Å². The first-order valence-corrected chi connectivity index (χ1v) is 11.6. The second kappa shape index (κ2) is 9.53. The zero-order valence-electron chi connectivity index (χ0n) is 19.2. The van der Waals surface area contributed by atoms with Crippen molar-refractivity contribution in [3.8, 4) is 10.7 Å². The van der Waals surface area contributed by atoms with Gasteiger partial charge in [-0.25, -0.2) is 4.98 Å². The highest BCUT2D eigenvalue weighted by Crippen LogP contribution is 2.38. The van der Waals surface area contributed by atoms with Gasteiger partial charge in [-0.2, -0.15) is 31.3 Å². The summed E-state index contributed by atoms with van der Waals surface area (Å²) in [5.41, 5.74) is -3.20. The maximum atomic E-state index is 12.9. The van der Waals surface area contributed by atoms with E-state index in [1.165, 1.54) is 36.8 Å². The highest BCUT2D eigenvalue weighted by atomic mass is 32.1. The fraction of sp³-hybridized carbons (Fsp3) is 0.286. The topological polar surface area (TPSA) is 134 Å². The molecule has 5 heterocycles. The fourth-order valence-corrected chi connectivity index (χ4v) is 4.46. The first-order chi connectivity index (χ1) is 18.3. The van der Waals surface area contributed by atoms with Crippen LogP contribution in [0.1, 0.15) is 21.3 Å². The molecule has 1 saturated heterocycles. The second-order valence-electron chi connectivity index (χ2n) is 8.30. The van der Waals surface area contributed by atoms with Crippen LogP contribution in [0.2, 0.25) is 0 Å². The number of thiophene rings is 1. The summed E-state index contributed by atoms with van der Waals surface area (Å²) in [6, 6.07) is 5.80. The van der Waals surface area contributed by atoms with Crippen LogP contribution in [0, 0.1) is 0 Å². The van der Waals surface area contributed by atoms with Crippen LogP contribution in [-0.2, 0) is 12.7 Å². The minimum Gasteiger partial charge on any atom is -0.378 e. The van der Waals surface area contributed by atoms with Crippen molar-refractivity contribution in [2.24, 2.45) is 0 Å². The van der Waals surface area contributed by atoms with Gasteiger partial charge < -0.3 is 19.4 Å². The molecule has 4 aromatic heterocycles. The molecule has 0 saturated carbocycles. The van der Waals surface area contributed by atoms with Gasteiger partial charge in [0, 0.05) is 17.3 Å². The maximum Gasteiger partial charge on any atom is 0.471 e. The van der Waals surface area contributed by atoms with Gasteiger partial charge >= 0.3 is 18.2 Å². The fourth-order valence-electron chi connectivity index (χ4n) is 3.54. The summed E-state index contributed by atoms with van der Waals surface area (Å²) in [7, 11) is 0. The molecule has 0 radical (unpaired) electrons. The number of hydrogen-bond acceptors (Lipinski definition) is 11. The predicted octanol–water partition coefficient (Wildman–Crippen LogP) is 3.48. The Balaban J connectivity index is 1.35. The van der Waals surface area contributed by atoms with Crippen molar-refractivity contribution < 1.29 is 40.8 Å². The van der Waals surface area contributed by atoms with Gasteiger partial charge in [-0.3, -0.25) is 9.78 Å². The number of amides is 1. The van der Waals surface area contributed by atoms with E-state index in [-0.39, 0.29) is 23.9 Å². The molecule has 1 aliphatic rings. The van der Waals surface area contributed by atoms with Crippen molar-refractivity contribution >= 4 is 28.9 Å². The Kier molecular flexibility index (Phi) is 6.45. The van der Waals surface area contributed by atoms with Gasteiger partial charge in [0.1, 0.15) is 0 Å². The highest BCUT2D eigenvalue weighted by Gasteiger charge is 2.62. The number of alkyl halides is 6. The molecule has 0 spiro atoms. The van der Waals surface area contributed by atoms with Gasteiger partial charge in [0.25, 0.3) is 5.91 Å². The molecule has 0 atom stereocenters. The summed E-state index contributed by atoms with van der Waals surface area (Å²) in [6.45, 7) is -1.74. The molecular formula is C21H14F6N8O3S. The molecule has 0 unspecified atom stereocenters. The van der Waals surface area contributed by atoms with E-state index in [4.69, 9.17) is 0 Å². The molecule has 39 heavy (non-hydrogen) atoms. The number of halogens is 6. The monoisotopic (exact) mass is 572 g/mol. The smallest absolute Gasteiger partial charge is 0.378 e. The predicted molar refractivity (Wildman–Crippen MR) is 119 cm³/mol. The minimum atomic E-state index is -4.87. The molecule has 0 aromatic carbocycles. The summed E-state index contributed by atoms with van der Waals surface area (Å²) < 4.78 is 81.2. The van der Waals surface area contributed by atoms with Crippen molar-refractivity contribution in [3.05, 3.63) is 59.3 Å². The molecule has 11 nitrogen and oxygen atoms in total. The molecule has 1 N–H and O–H groups in total. The SMILES string of the molecule is O=C(c1ccc(N(Cc2ccc(-c3noc(C(F)(F)F)n3)s2)c2cnccn2)nn1)N1CC(O)(C(F)(F)F)C1. The van der Waals surface area contributed by atoms with E-state index in [9.17, 15) is 36.2 Å². The number of β-amino-alcohol motifs (C(OH)–C–C–N with tert-alkyl or cyclic N) is 1. The summed E-state index contributed by atoms with van der Waals surface area (Å²) in [6.07, 6.45) is -5.39. The average Bonchev–Trinajstić information content (AvgIpc) is 3.55. The summed E-state index contributed by atoms with van der Waals surface area (Å²) in [4.78, 5) is 27.4. The van der Waals surface area contributed by atoms with E-state index >= 15 is 0 Å². The van der Waals surface area contributed by atoms with E-state index in [2.05, 4.69) is 34.8 Å². The number of rotatable bonds is 6. The normalized spacial score (nSPS) is 15.2. The third-order valence-corrected chi connectivity index (χ3v) is 6.62. The second-order valence-corrected chi connectivity index (χ2v) is 9.47. The van der Waals surface area contributed by atoms with E-state index in [1.807, 2.05) is 0 Å². The zero-order chi connectivity index (χ0) is 28.0. The quantitative estimate of drug-likeness (QED) is 0.342. The van der Waals surface area contributed by atoms with E-state index in [0.717, 1.165) is 16.2 Å². The molecule has 1 amide bonds. The number of carbonyl (C=O) groups excluding carboxylic acids is 1. The van der Waals surface area contributed by atoms with Gasteiger partial charge in [-0.15, -0.1) is 21.5 Å². The molecule has 1 aliphatic heterocycles. The maximum absolute atomic E-state index is 12.9. The molecule has 4 aromatic rings. The van der Waals surface area contributed by atoms with Crippen molar-refractivity contribution in [1.29, 1.82) is 0 Å². The van der Waals surface area contributed by atoms with Crippen LogP contribution in [0.15, 0.2) is 47.4 Å². The Labute approximate surface area is 217 Å². The summed E-state index contributed by atoms with van der Waals surface area (Å²) in [5.74, 6) is -2.04.